The SMILES string of the molecule is Cc1cc(NC(=O)N2C[C@@H]3CCC[C@@]3(C(=O)O)C2)ccc1Oc1cccnc1. The quantitative estimate of drug-likeness (QED) is 0.838. The van der Waals surface area contributed by atoms with Crippen LogP contribution in [0.15, 0.2) is 42.7 Å². The number of carbonyl (C=O) groups excluding carboxylic acids is 1. The number of benzene rings is 1. The number of aromatic nitrogens is 1. The molecule has 2 amide bonds. The zero-order valence-corrected chi connectivity index (χ0v) is 15.7. The number of nitrogens with zero attached hydrogens (tertiary/aromatic N) is 2. The van der Waals surface area contributed by atoms with Crippen LogP contribution in [-0.2, 0) is 4.79 Å². The maximum absolute atomic E-state index is 12.7. The molecule has 4 rings (SSSR count). The number of carboxylic acid groups (broad SMARTS) is 1. The molecule has 146 valence electrons. The maximum Gasteiger partial charge on any atom is 0.321 e. The largest absolute Gasteiger partial charge is 0.481 e. The first-order valence-electron chi connectivity index (χ1n) is 9.46. The minimum absolute atomic E-state index is 0.0488. The Labute approximate surface area is 163 Å². The number of fused-ring (bicyclic) bond motifs is 1. The molecule has 1 aromatic carbocycles. The van der Waals surface area contributed by atoms with Crippen molar-refractivity contribution in [2.45, 2.75) is 26.2 Å². The van der Waals surface area contributed by atoms with E-state index in [1.54, 1.807) is 35.5 Å². The Balaban J connectivity index is 1.43. The van der Waals surface area contributed by atoms with Crippen LogP contribution in [0.4, 0.5) is 10.5 Å². The fourth-order valence-electron chi connectivity index (χ4n) is 4.37. The van der Waals surface area contributed by atoms with Crippen LogP contribution in [0.1, 0.15) is 24.8 Å². The van der Waals surface area contributed by atoms with Gasteiger partial charge in [0.05, 0.1) is 11.6 Å². The predicted octanol–water partition coefficient (Wildman–Crippen LogP) is 3.90. The van der Waals surface area contributed by atoms with E-state index in [1.165, 1.54) is 0 Å². The summed E-state index contributed by atoms with van der Waals surface area (Å²) in [6.45, 7) is 2.68. The smallest absolute Gasteiger partial charge is 0.321 e. The van der Waals surface area contributed by atoms with Gasteiger partial charge in [-0.2, -0.15) is 0 Å². The highest BCUT2D eigenvalue weighted by molar-refractivity contribution is 5.91. The first kappa shape index (κ1) is 18.3. The van der Waals surface area contributed by atoms with Gasteiger partial charge in [-0.15, -0.1) is 0 Å². The van der Waals surface area contributed by atoms with Gasteiger partial charge in [-0.25, -0.2) is 4.79 Å². The number of urea groups is 1. The van der Waals surface area contributed by atoms with Crippen molar-refractivity contribution >= 4 is 17.7 Å². The summed E-state index contributed by atoms with van der Waals surface area (Å²) < 4.78 is 5.81. The van der Waals surface area contributed by atoms with Crippen LogP contribution in [-0.4, -0.2) is 40.1 Å². The third kappa shape index (κ3) is 3.28. The van der Waals surface area contributed by atoms with E-state index in [1.807, 2.05) is 19.1 Å². The van der Waals surface area contributed by atoms with E-state index in [9.17, 15) is 14.7 Å². The summed E-state index contributed by atoms with van der Waals surface area (Å²) in [4.78, 5) is 30.1. The molecule has 0 bridgehead atoms. The van der Waals surface area contributed by atoms with Gasteiger partial charge in [0.25, 0.3) is 0 Å². The molecule has 2 fully saturated rings. The number of nitrogens with one attached hydrogen (secondary N) is 1. The van der Waals surface area contributed by atoms with Crippen molar-refractivity contribution in [3.05, 3.63) is 48.3 Å². The fraction of sp³-hybridized carbons (Fsp3) is 0.381. The molecule has 2 atom stereocenters. The lowest BCUT2D eigenvalue weighted by molar-refractivity contribution is -0.149. The van der Waals surface area contributed by atoms with Crippen LogP contribution in [0.5, 0.6) is 11.5 Å². The lowest BCUT2D eigenvalue weighted by Crippen LogP contribution is -2.38. The molecule has 2 heterocycles. The van der Waals surface area contributed by atoms with Crippen LogP contribution >= 0.6 is 0 Å². The van der Waals surface area contributed by atoms with Gasteiger partial charge in [-0.3, -0.25) is 9.78 Å². The van der Waals surface area contributed by atoms with Gasteiger partial charge in [0, 0.05) is 25.0 Å². The van der Waals surface area contributed by atoms with Gasteiger partial charge in [0.15, 0.2) is 0 Å². The van der Waals surface area contributed by atoms with Crippen molar-refractivity contribution in [3.63, 3.8) is 0 Å². The summed E-state index contributed by atoms with van der Waals surface area (Å²) in [6.07, 6.45) is 5.76. The highest BCUT2D eigenvalue weighted by Crippen LogP contribution is 2.49. The van der Waals surface area contributed by atoms with Gasteiger partial charge in [-0.1, -0.05) is 6.42 Å². The Bertz CT molecular complexity index is 902. The van der Waals surface area contributed by atoms with Gasteiger partial charge >= 0.3 is 12.0 Å². The van der Waals surface area contributed by atoms with Crippen LogP contribution in [0.2, 0.25) is 0 Å². The van der Waals surface area contributed by atoms with Crippen LogP contribution < -0.4 is 10.1 Å². The van der Waals surface area contributed by atoms with Crippen molar-refractivity contribution in [1.82, 2.24) is 9.88 Å². The number of rotatable bonds is 4. The monoisotopic (exact) mass is 381 g/mol. The van der Waals surface area contributed by atoms with Crippen molar-refractivity contribution in [2.75, 3.05) is 18.4 Å². The number of hydrogen-bond donors (Lipinski definition) is 2. The van der Waals surface area contributed by atoms with E-state index in [2.05, 4.69) is 10.3 Å². The Morgan fingerprint density at radius 3 is 2.89 bits per heavy atom. The molecule has 0 radical (unpaired) electrons. The van der Waals surface area contributed by atoms with Gasteiger partial charge < -0.3 is 20.1 Å². The van der Waals surface area contributed by atoms with Crippen molar-refractivity contribution in [3.8, 4) is 11.5 Å². The minimum Gasteiger partial charge on any atom is -0.481 e. The average molecular weight is 381 g/mol. The topological polar surface area (TPSA) is 91.8 Å². The van der Waals surface area contributed by atoms with E-state index in [4.69, 9.17) is 4.74 Å². The molecule has 1 saturated heterocycles. The second kappa shape index (κ2) is 7.14. The van der Waals surface area contributed by atoms with E-state index in [-0.39, 0.29) is 18.5 Å². The summed E-state index contributed by atoms with van der Waals surface area (Å²) in [5.41, 5.74) is 0.763. The second-order valence-electron chi connectivity index (χ2n) is 7.63. The number of hydrogen-bond acceptors (Lipinski definition) is 4. The third-order valence-electron chi connectivity index (χ3n) is 5.87. The Morgan fingerprint density at radius 1 is 1.36 bits per heavy atom. The molecule has 1 aromatic heterocycles. The first-order chi connectivity index (χ1) is 13.5. The summed E-state index contributed by atoms with van der Waals surface area (Å²) in [5, 5.41) is 12.6. The number of pyridine rings is 1. The number of ether oxygens (including phenoxy) is 1. The lowest BCUT2D eigenvalue weighted by atomic mass is 9.81. The van der Waals surface area contributed by atoms with E-state index < -0.39 is 11.4 Å². The number of aryl methyl sites for hydroxylation is 1. The van der Waals surface area contributed by atoms with Gasteiger partial charge in [0.1, 0.15) is 11.5 Å². The van der Waals surface area contributed by atoms with Crippen LogP contribution in [0, 0.1) is 18.3 Å². The highest BCUT2D eigenvalue weighted by atomic mass is 16.5. The fourth-order valence-corrected chi connectivity index (χ4v) is 4.37. The summed E-state index contributed by atoms with van der Waals surface area (Å²) in [7, 11) is 0. The molecule has 1 saturated carbocycles. The summed E-state index contributed by atoms with van der Waals surface area (Å²) in [5.74, 6) is 0.599. The van der Waals surface area contributed by atoms with Gasteiger partial charge in [-0.05, 0) is 61.6 Å². The molecule has 0 spiro atoms. The molecule has 2 aliphatic rings. The summed E-state index contributed by atoms with van der Waals surface area (Å²) in [6, 6.07) is 8.79. The zero-order chi connectivity index (χ0) is 19.7. The molecule has 2 aromatic rings. The Hall–Kier alpha value is -3.09. The number of carboxylic acids is 1. The van der Waals surface area contributed by atoms with Crippen molar-refractivity contribution < 1.29 is 19.4 Å². The van der Waals surface area contributed by atoms with Crippen LogP contribution in [0.25, 0.3) is 0 Å². The third-order valence-corrected chi connectivity index (χ3v) is 5.87. The number of amides is 2. The molecule has 28 heavy (non-hydrogen) atoms. The maximum atomic E-state index is 12.7. The van der Waals surface area contributed by atoms with E-state index in [0.29, 0.717) is 30.2 Å². The minimum atomic E-state index is -0.780. The molecule has 1 aliphatic heterocycles. The molecule has 7 heteroatoms. The molecule has 0 unspecified atom stereocenters. The number of aliphatic carboxylic acids is 1. The number of likely N-dealkylation sites (tertiary alicyclic amines) is 1. The zero-order valence-electron chi connectivity index (χ0n) is 15.7. The molecule has 2 N–H and O–H groups in total. The number of anilines is 1. The van der Waals surface area contributed by atoms with E-state index >= 15 is 0 Å². The highest BCUT2D eigenvalue weighted by Gasteiger charge is 2.55. The average Bonchev–Trinajstić information content (AvgIpc) is 3.23. The van der Waals surface area contributed by atoms with E-state index in [0.717, 1.165) is 18.4 Å². The predicted molar refractivity (Wildman–Crippen MR) is 103 cm³/mol. The molecule has 7 nitrogen and oxygen atoms in total. The Morgan fingerprint density at radius 2 is 2.21 bits per heavy atom. The molecular weight excluding hydrogens is 358 g/mol. The van der Waals surface area contributed by atoms with Crippen molar-refractivity contribution in [2.24, 2.45) is 11.3 Å². The van der Waals surface area contributed by atoms with Crippen molar-refractivity contribution in [1.29, 1.82) is 0 Å². The molecular formula is C21H23N3O4. The summed E-state index contributed by atoms with van der Waals surface area (Å²) >= 11 is 0. The normalized spacial score (nSPS) is 23.3. The lowest BCUT2D eigenvalue weighted by Gasteiger charge is -2.23. The van der Waals surface area contributed by atoms with Crippen LogP contribution in [0.3, 0.4) is 0 Å². The number of carbonyl (C=O) groups is 2. The first-order valence-corrected chi connectivity index (χ1v) is 9.46. The van der Waals surface area contributed by atoms with Gasteiger partial charge in [0.2, 0.25) is 0 Å². The standard InChI is InChI=1S/C21H23N3O4/c1-14-10-16(6-7-18(14)28-17-5-3-9-22-11-17)23-20(27)24-12-15-4-2-8-21(15,13-24)19(25)26/h3,5-7,9-11,15H,2,4,8,12-13H2,1H3,(H,23,27)(H,25,26)/t15-,21+/m0/s1. The second-order valence-corrected chi connectivity index (χ2v) is 7.63. The molecule has 1 aliphatic carbocycles. The Kier molecular flexibility index (Phi) is 4.66.